The predicted octanol–water partition coefficient (Wildman–Crippen LogP) is 6.95. The minimum absolute atomic E-state index is 0.0535. The molecular formula is C27H24N4O3S. The molecule has 7 nitrogen and oxygen atoms in total. The SMILES string of the molecule is CCOC(=O)/C(N=Nc1ccccc1)=C(/O)CSc1nc(-c2ccccc2)c(-c2ccccc2)[nH]1. The Hall–Kier alpha value is -4.17. The van der Waals surface area contributed by atoms with E-state index in [9.17, 15) is 9.90 Å². The standard InChI is InChI=1S/C27H24N4O3S/c1-2-34-26(33)25(31-30-21-16-10-5-11-17-21)22(32)18-35-27-28-23(19-12-6-3-7-13-19)24(29-27)20-14-8-4-9-15-20/h3-17,32H,2,18H2,1H3,(H,28,29)/b25-22-,31-30?. The summed E-state index contributed by atoms with van der Waals surface area (Å²) in [6, 6.07) is 28.8. The van der Waals surface area contributed by atoms with Gasteiger partial charge in [-0.3, -0.25) is 0 Å². The van der Waals surface area contributed by atoms with Crippen molar-refractivity contribution in [2.24, 2.45) is 10.2 Å². The number of rotatable bonds is 9. The number of azo groups is 1. The van der Waals surface area contributed by atoms with Crippen molar-refractivity contribution in [3.8, 4) is 22.5 Å². The second kappa shape index (κ2) is 11.8. The molecular weight excluding hydrogens is 460 g/mol. The number of benzene rings is 3. The number of nitrogens with zero attached hydrogens (tertiary/aromatic N) is 3. The molecule has 0 aliphatic carbocycles. The van der Waals surface area contributed by atoms with E-state index in [0.29, 0.717) is 10.8 Å². The quantitative estimate of drug-likeness (QED) is 0.0880. The minimum Gasteiger partial charge on any atom is -0.509 e. The molecule has 0 fully saturated rings. The van der Waals surface area contributed by atoms with Gasteiger partial charge in [-0.2, -0.15) is 5.11 Å². The highest BCUT2D eigenvalue weighted by molar-refractivity contribution is 7.99. The molecule has 2 N–H and O–H groups in total. The average Bonchev–Trinajstić information content (AvgIpc) is 3.34. The molecule has 0 amide bonds. The largest absolute Gasteiger partial charge is 0.509 e. The highest BCUT2D eigenvalue weighted by Crippen LogP contribution is 2.33. The molecule has 0 saturated heterocycles. The van der Waals surface area contributed by atoms with Crippen LogP contribution in [0, 0.1) is 0 Å². The molecule has 4 aromatic rings. The lowest BCUT2D eigenvalue weighted by molar-refractivity contribution is -0.138. The molecule has 35 heavy (non-hydrogen) atoms. The number of nitrogens with one attached hydrogen (secondary N) is 1. The van der Waals surface area contributed by atoms with Crippen LogP contribution in [0.5, 0.6) is 0 Å². The third-order valence-corrected chi connectivity index (χ3v) is 5.79. The van der Waals surface area contributed by atoms with E-state index in [-0.39, 0.29) is 23.8 Å². The van der Waals surface area contributed by atoms with Crippen molar-refractivity contribution in [3.05, 3.63) is 102 Å². The topological polar surface area (TPSA) is 99.9 Å². The van der Waals surface area contributed by atoms with E-state index < -0.39 is 5.97 Å². The fourth-order valence-corrected chi connectivity index (χ4v) is 4.00. The molecule has 0 bridgehead atoms. The van der Waals surface area contributed by atoms with Gasteiger partial charge in [-0.25, -0.2) is 9.78 Å². The summed E-state index contributed by atoms with van der Waals surface area (Å²) in [5.74, 6) is -0.926. The summed E-state index contributed by atoms with van der Waals surface area (Å²) in [4.78, 5) is 20.5. The first-order valence-corrected chi connectivity index (χ1v) is 12.0. The molecule has 0 radical (unpaired) electrons. The van der Waals surface area contributed by atoms with E-state index in [1.807, 2.05) is 78.9 Å². The summed E-state index contributed by atoms with van der Waals surface area (Å²) < 4.78 is 5.06. The predicted molar refractivity (Wildman–Crippen MR) is 137 cm³/mol. The zero-order chi connectivity index (χ0) is 24.5. The van der Waals surface area contributed by atoms with Gasteiger partial charge in [0.1, 0.15) is 5.76 Å². The van der Waals surface area contributed by atoms with Gasteiger partial charge in [-0.05, 0) is 19.1 Å². The Morgan fingerprint density at radius 1 is 0.943 bits per heavy atom. The summed E-state index contributed by atoms with van der Waals surface area (Å²) >= 11 is 1.25. The Labute approximate surface area is 207 Å². The summed E-state index contributed by atoms with van der Waals surface area (Å²) in [5, 5.41) is 19.3. The molecule has 176 valence electrons. The van der Waals surface area contributed by atoms with Gasteiger partial charge in [0.2, 0.25) is 5.70 Å². The Morgan fingerprint density at radius 2 is 1.54 bits per heavy atom. The minimum atomic E-state index is -0.736. The van der Waals surface area contributed by atoms with Crippen molar-refractivity contribution in [1.29, 1.82) is 0 Å². The van der Waals surface area contributed by atoms with Crippen LogP contribution >= 0.6 is 11.8 Å². The van der Waals surface area contributed by atoms with Crippen LogP contribution in [-0.4, -0.2) is 33.4 Å². The number of imidazole rings is 1. The van der Waals surface area contributed by atoms with Gasteiger partial charge in [0, 0.05) is 11.1 Å². The van der Waals surface area contributed by atoms with Crippen molar-refractivity contribution in [2.75, 3.05) is 12.4 Å². The highest BCUT2D eigenvalue weighted by Gasteiger charge is 2.19. The summed E-state index contributed by atoms with van der Waals surface area (Å²) in [6.07, 6.45) is 0. The molecule has 1 heterocycles. The number of H-pyrrole nitrogens is 1. The molecule has 0 saturated carbocycles. The third-order valence-electron chi connectivity index (χ3n) is 4.90. The maximum Gasteiger partial charge on any atom is 0.362 e. The van der Waals surface area contributed by atoms with Crippen molar-refractivity contribution in [2.45, 2.75) is 12.1 Å². The van der Waals surface area contributed by atoms with Gasteiger partial charge in [-0.1, -0.05) is 90.6 Å². The zero-order valence-electron chi connectivity index (χ0n) is 19.1. The van der Waals surface area contributed by atoms with Gasteiger partial charge in [0.15, 0.2) is 5.16 Å². The highest BCUT2D eigenvalue weighted by atomic mass is 32.2. The number of aromatic amines is 1. The Balaban J connectivity index is 1.61. The van der Waals surface area contributed by atoms with E-state index in [4.69, 9.17) is 9.72 Å². The van der Waals surface area contributed by atoms with Crippen LogP contribution in [0.3, 0.4) is 0 Å². The van der Waals surface area contributed by atoms with E-state index in [2.05, 4.69) is 15.2 Å². The molecule has 0 spiro atoms. The van der Waals surface area contributed by atoms with Crippen molar-refractivity contribution < 1.29 is 14.6 Å². The number of aliphatic hydroxyl groups is 1. The monoisotopic (exact) mass is 484 g/mol. The van der Waals surface area contributed by atoms with Crippen molar-refractivity contribution in [3.63, 3.8) is 0 Å². The van der Waals surface area contributed by atoms with Crippen LogP contribution in [0.15, 0.2) is 118 Å². The number of hydrogen-bond donors (Lipinski definition) is 2. The lowest BCUT2D eigenvalue weighted by atomic mass is 10.1. The van der Waals surface area contributed by atoms with Gasteiger partial charge < -0.3 is 14.8 Å². The summed E-state index contributed by atoms with van der Waals surface area (Å²) in [5.41, 5.74) is 3.96. The average molecular weight is 485 g/mol. The Morgan fingerprint density at radius 3 is 2.17 bits per heavy atom. The number of thioether (sulfide) groups is 1. The van der Waals surface area contributed by atoms with E-state index in [1.54, 1.807) is 19.1 Å². The first-order chi connectivity index (χ1) is 17.2. The molecule has 0 atom stereocenters. The number of esters is 1. The van der Waals surface area contributed by atoms with Crippen LogP contribution in [-0.2, 0) is 9.53 Å². The molecule has 4 rings (SSSR count). The first kappa shape index (κ1) is 24.0. The number of hydrogen-bond acceptors (Lipinski definition) is 7. The number of aromatic nitrogens is 2. The molecule has 1 aromatic heterocycles. The van der Waals surface area contributed by atoms with Crippen LogP contribution in [0.2, 0.25) is 0 Å². The number of carbonyl (C=O) groups is 1. The second-order valence-corrected chi connectivity index (χ2v) is 8.30. The van der Waals surface area contributed by atoms with Crippen molar-refractivity contribution in [1.82, 2.24) is 9.97 Å². The molecule has 8 heteroatoms. The van der Waals surface area contributed by atoms with Crippen LogP contribution in [0.25, 0.3) is 22.5 Å². The van der Waals surface area contributed by atoms with Gasteiger partial charge in [0.05, 0.1) is 29.4 Å². The second-order valence-electron chi connectivity index (χ2n) is 7.34. The normalized spacial score (nSPS) is 11.9. The third kappa shape index (κ3) is 6.24. The molecule has 3 aromatic carbocycles. The fourth-order valence-electron chi connectivity index (χ4n) is 3.26. The number of aliphatic hydroxyl groups excluding tert-OH is 1. The number of carbonyl (C=O) groups excluding carboxylic acids is 1. The van der Waals surface area contributed by atoms with Crippen molar-refractivity contribution >= 4 is 23.4 Å². The lowest BCUT2D eigenvalue weighted by Gasteiger charge is -2.05. The maximum atomic E-state index is 12.4. The lowest BCUT2D eigenvalue weighted by Crippen LogP contribution is -2.09. The molecule has 0 unspecified atom stereocenters. The Kier molecular flexibility index (Phi) is 8.08. The van der Waals surface area contributed by atoms with Crippen LogP contribution in [0.4, 0.5) is 5.69 Å². The molecule has 0 aliphatic heterocycles. The number of ether oxygens (including phenoxy) is 1. The maximum absolute atomic E-state index is 12.4. The summed E-state index contributed by atoms with van der Waals surface area (Å²) in [7, 11) is 0. The van der Waals surface area contributed by atoms with E-state index in [0.717, 1.165) is 22.5 Å². The molecule has 0 aliphatic rings. The Bertz CT molecular complexity index is 1260. The van der Waals surface area contributed by atoms with E-state index in [1.165, 1.54) is 11.8 Å². The fraction of sp³-hybridized carbons (Fsp3) is 0.111. The first-order valence-electron chi connectivity index (χ1n) is 11.1. The van der Waals surface area contributed by atoms with Crippen LogP contribution in [0.1, 0.15) is 6.92 Å². The smallest absolute Gasteiger partial charge is 0.362 e. The van der Waals surface area contributed by atoms with E-state index >= 15 is 0 Å². The van der Waals surface area contributed by atoms with Gasteiger partial charge in [0.25, 0.3) is 0 Å². The van der Waals surface area contributed by atoms with Gasteiger partial charge >= 0.3 is 5.97 Å². The zero-order valence-corrected chi connectivity index (χ0v) is 19.9. The van der Waals surface area contributed by atoms with Crippen LogP contribution < -0.4 is 0 Å². The summed E-state index contributed by atoms with van der Waals surface area (Å²) in [6.45, 7) is 1.84. The van der Waals surface area contributed by atoms with Gasteiger partial charge in [-0.15, -0.1) is 5.11 Å².